The van der Waals surface area contributed by atoms with Crippen LogP contribution >= 0.6 is 0 Å². The number of carbonyl (C=O) groups is 1. The molecule has 0 bridgehead atoms. The third kappa shape index (κ3) is 3.06. The maximum absolute atomic E-state index is 12.5. The Morgan fingerprint density at radius 2 is 2.12 bits per heavy atom. The Morgan fingerprint density at radius 3 is 2.96 bits per heavy atom. The van der Waals surface area contributed by atoms with Crippen LogP contribution < -0.4 is 5.32 Å². The summed E-state index contributed by atoms with van der Waals surface area (Å²) < 4.78 is 16.1. The van der Waals surface area contributed by atoms with E-state index in [-0.39, 0.29) is 18.1 Å². The number of aromatic nitrogens is 2. The number of nitrogens with one attached hydrogen (secondary N) is 1. The molecule has 3 heterocycles. The first-order chi connectivity index (χ1) is 12.2. The van der Waals surface area contributed by atoms with Gasteiger partial charge in [0, 0.05) is 17.5 Å². The van der Waals surface area contributed by atoms with Crippen molar-refractivity contribution in [3.05, 3.63) is 58.9 Å². The Labute approximate surface area is 144 Å². The fourth-order valence-corrected chi connectivity index (χ4v) is 2.79. The van der Waals surface area contributed by atoms with Gasteiger partial charge < -0.3 is 19.0 Å². The molecule has 0 aliphatic carbocycles. The van der Waals surface area contributed by atoms with Gasteiger partial charge in [0.1, 0.15) is 11.5 Å². The molecule has 1 aromatic carbocycles. The fourth-order valence-electron chi connectivity index (χ4n) is 2.79. The highest BCUT2D eigenvalue weighted by atomic mass is 16.5. The molecule has 0 saturated carbocycles. The summed E-state index contributed by atoms with van der Waals surface area (Å²) in [5.41, 5.74) is 3.79. The van der Waals surface area contributed by atoms with Gasteiger partial charge in [-0.15, -0.1) is 0 Å². The molecule has 25 heavy (non-hydrogen) atoms. The third-order valence-electron chi connectivity index (χ3n) is 4.18. The molecule has 0 saturated heterocycles. The molecule has 0 spiro atoms. The maximum atomic E-state index is 12.5. The molecule has 0 fully saturated rings. The zero-order valence-electron chi connectivity index (χ0n) is 13.7. The number of amides is 1. The minimum absolute atomic E-state index is 0.248. The first-order valence-electron chi connectivity index (χ1n) is 8.05. The lowest BCUT2D eigenvalue weighted by molar-refractivity contribution is 0.0942. The fraction of sp³-hybridized carbons (Fsp3) is 0.278. The average molecular weight is 339 g/mol. The van der Waals surface area contributed by atoms with Crippen molar-refractivity contribution in [3.63, 3.8) is 0 Å². The van der Waals surface area contributed by atoms with Crippen LogP contribution in [0.5, 0.6) is 0 Å². The number of rotatable bonds is 4. The molecule has 128 valence electrons. The monoisotopic (exact) mass is 339 g/mol. The highest BCUT2D eigenvalue weighted by Gasteiger charge is 2.22. The van der Waals surface area contributed by atoms with Crippen molar-refractivity contribution in [2.24, 2.45) is 0 Å². The normalized spacial score (nSPS) is 13.5. The molecule has 1 aliphatic rings. The van der Waals surface area contributed by atoms with E-state index < -0.39 is 0 Å². The van der Waals surface area contributed by atoms with Crippen molar-refractivity contribution in [1.29, 1.82) is 0 Å². The zero-order valence-corrected chi connectivity index (χ0v) is 13.7. The average Bonchev–Trinajstić information content (AvgIpc) is 3.28. The van der Waals surface area contributed by atoms with E-state index >= 15 is 0 Å². The van der Waals surface area contributed by atoms with Gasteiger partial charge in [0.2, 0.25) is 0 Å². The number of fused-ring (bicyclic) bond motifs is 1. The van der Waals surface area contributed by atoms with Crippen molar-refractivity contribution in [2.45, 2.75) is 26.5 Å². The summed E-state index contributed by atoms with van der Waals surface area (Å²) in [6.07, 6.45) is 1.98. The van der Waals surface area contributed by atoms with Gasteiger partial charge in [-0.1, -0.05) is 35.0 Å². The molecule has 2 aromatic heterocycles. The Bertz CT molecular complexity index is 895. The largest absolute Gasteiger partial charge is 0.443 e. The summed E-state index contributed by atoms with van der Waals surface area (Å²) in [5, 5.41) is 6.85. The smallest absolute Gasteiger partial charge is 0.274 e. The lowest BCUT2D eigenvalue weighted by Gasteiger charge is -2.10. The van der Waals surface area contributed by atoms with E-state index in [1.807, 2.05) is 31.2 Å². The van der Waals surface area contributed by atoms with E-state index in [1.165, 1.54) is 6.39 Å². The van der Waals surface area contributed by atoms with Crippen LogP contribution in [0.25, 0.3) is 11.3 Å². The molecular weight excluding hydrogens is 322 g/mol. The minimum atomic E-state index is -0.321. The lowest BCUT2D eigenvalue weighted by Crippen LogP contribution is -2.24. The Morgan fingerprint density at radius 1 is 1.28 bits per heavy atom. The van der Waals surface area contributed by atoms with Crippen LogP contribution in [0, 0.1) is 6.92 Å². The van der Waals surface area contributed by atoms with Gasteiger partial charge in [-0.3, -0.25) is 4.79 Å². The van der Waals surface area contributed by atoms with Gasteiger partial charge >= 0.3 is 0 Å². The first kappa shape index (κ1) is 15.6. The van der Waals surface area contributed by atoms with Gasteiger partial charge in [-0.05, 0) is 6.92 Å². The Hall–Kier alpha value is -2.93. The molecule has 0 radical (unpaired) electrons. The second-order valence-corrected chi connectivity index (χ2v) is 5.91. The molecule has 4 rings (SSSR count). The van der Waals surface area contributed by atoms with Crippen molar-refractivity contribution in [2.75, 3.05) is 6.61 Å². The van der Waals surface area contributed by atoms with Crippen molar-refractivity contribution in [3.8, 4) is 11.3 Å². The van der Waals surface area contributed by atoms with E-state index in [4.69, 9.17) is 13.7 Å². The van der Waals surface area contributed by atoms with E-state index in [1.54, 1.807) is 0 Å². The summed E-state index contributed by atoms with van der Waals surface area (Å²) in [6.45, 7) is 3.34. The van der Waals surface area contributed by atoms with E-state index in [0.29, 0.717) is 31.1 Å². The second-order valence-electron chi connectivity index (χ2n) is 5.91. The Kier molecular flexibility index (Phi) is 4.07. The van der Waals surface area contributed by atoms with Crippen molar-refractivity contribution >= 4 is 5.91 Å². The summed E-state index contributed by atoms with van der Waals surface area (Å²) in [4.78, 5) is 16.6. The van der Waals surface area contributed by atoms with Gasteiger partial charge in [0.05, 0.1) is 19.8 Å². The molecule has 1 N–H and O–H groups in total. The summed E-state index contributed by atoms with van der Waals surface area (Å²) in [6, 6.07) is 7.72. The lowest BCUT2D eigenvalue weighted by atomic mass is 10.1. The van der Waals surface area contributed by atoms with Crippen LogP contribution in [-0.4, -0.2) is 22.7 Å². The van der Waals surface area contributed by atoms with E-state index in [2.05, 4.69) is 15.5 Å². The van der Waals surface area contributed by atoms with Gasteiger partial charge in [-0.2, -0.15) is 0 Å². The molecule has 0 atom stereocenters. The molecular formula is C18H17N3O4. The number of benzene rings is 1. The first-order valence-corrected chi connectivity index (χ1v) is 8.05. The maximum Gasteiger partial charge on any atom is 0.274 e. The van der Waals surface area contributed by atoms with Crippen LogP contribution in [0.15, 0.2) is 39.6 Å². The quantitative estimate of drug-likeness (QED) is 0.786. The minimum Gasteiger partial charge on any atom is -0.443 e. The van der Waals surface area contributed by atoms with Crippen molar-refractivity contribution < 1.29 is 18.5 Å². The van der Waals surface area contributed by atoms with E-state index in [9.17, 15) is 4.79 Å². The SMILES string of the molecule is Cc1ccc(-c2ocnc2C(=O)NCc2noc3c2COCC3)cc1. The molecule has 7 nitrogen and oxygen atoms in total. The van der Waals surface area contributed by atoms with E-state index in [0.717, 1.165) is 22.5 Å². The van der Waals surface area contributed by atoms with Crippen LogP contribution in [0.3, 0.4) is 0 Å². The molecule has 1 amide bonds. The number of ether oxygens (including phenoxy) is 1. The zero-order chi connectivity index (χ0) is 17.2. The van der Waals surface area contributed by atoms with Crippen LogP contribution in [0.2, 0.25) is 0 Å². The number of nitrogens with zero attached hydrogens (tertiary/aromatic N) is 2. The highest BCUT2D eigenvalue weighted by Crippen LogP contribution is 2.24. The highest BCUT2D eigenvalue weighted by molar-refractivity contribution is 5.97. The van der Waals surface area contributed by atoms with Crippen LogP contribution in [-0.2, 0) is 24.3 Å². The number of oxazole rings is 1. The summed E-state index contributed by atoms with van der Waals surface area (Å²) >= 11 is 0. The third-order valence-corrected chi connectivity index (χ3v) is 4.18. The molecule has 1 aliphatic heterocycles. The van der Waals surface area contributed by atoms with Crippen LogP contribution in [0.1, 0.15) is 33.1 Å². The van der Waals surface area contributed by atoms with Crippen molar-refractivity contribution in [1.82, 2.24) is 15.5 Å². The topological polar surface area (TPSA) is 90.4 Å². The number of carbonyl (C=O) groups excluding carboxylic acids is 1. The number of hydrogen-bond acceptors (Lipinski definition) is 6. The van der Waals surface area contributed by atoms with Crippen LogP contribution in [0.4, 0.5) is 0 Å². The molecule has 7 heteroatoms. The Balaban J connectivity index is 1.50. The summed E-state index contributed by atoms with van der Waals surface area (Å²) in [5.74, 6) is 0.957. The van der Waals surface area contributed by atoms with Gasteiger partial charge in [0.25, 0.3) is 5.91 Å². The standard InChI is InChI=1S/C18H17N3O4/c1-11-2-4-12(5-3-11)17-16(20-10-24-17)18(22)19-8-14-13-9-23-7-6-15(13)25-21-14/h2-5,10H,6-9H2,1H3,(H,19,22). The van der Waals surface area contributed by atoms with Gasteiger partial charge in [0.15, 0.2) is 17.8 Å². The molecule has 0 unspecified atom stereocenters. The predicted molar refractivity (Wildman–Crippen MR) is 87.7 cm³/mol. The molecule has 3 aromatic rings. The second kappa shape index (κ2) is 6.52. The van der Waals surface area contributed by atoms with Gasteiger partial charge in [-0.25, -0.2) is 4.98 Å². The number of hydrogen-bond donors (Lipinski definition) is 1. The number of aryl methyl sites for hydroxylation is 1. The summed E-state index contributed by atoms with van der Waals surface area (Å²) in [7, 11) is 0. The predicted octanol–water partition coefficient (Wildman–Crippen LogP) is 2.64.